The lowest BCUT2D eigenvalue weighted by Crippen LogP contribution is -2.40. The summed E-state index contributed by atoms with van der Waals surface area (Å²) in [5, 5.41) is 5.16. The predicted octanol–water partition coefficient (Wildman–Crippen LogP) is 1.94. The minimum absolute atomic E-state index is 0.0274. The lowest BCUT2D eigenvalue weighted by Gasteiger charge is -2.13. The zero-order valence-corrected chi connectivity index (χ0v) is 11.5. The van der Waals surface area contributed by atoms with Gasteiger partial charge in [0.15, 0.2) is 0 Å². The van der Waals surface area contributed by atoms with Crippen molar-refractivity contribution in [3.63, 3.8) is 0 Å². The normalized spacial score (nSPS) is 11.5. The molecule has 5 nitrogen and oxygen atoms in total. The fourth-order valence-corrected chi connectivity index (χ4v) is 1.42. The van der Waals surface area contributed by atoms with Gasteiger partial charge < -0.3 is 15.4 Å². The fraction of sp³-hybridized carbons (Fsp3) is 0.429. The number of ether oxygens (including phenoxy) is 1. The van der Waals surface area contributed by atoms with Gasteiger partial charge in [-0.15, -0.1) is 0 Å². The van der Waals surface area contributed by atoms with Crippen LogP contribution in [0.25, 0.3) is 0 Å². The van der Waals surface area contributed by atoms with Crippen LogP contribution in [0.15, 0.2) is 24.3 Å². The zero-order chi connectivity index (χ0) is 14.3. The average Bonchev–Trinajstić information content (AvgIpc) is 2.41. The Labute approximate surface area is 113 Å². The van der Waals surface area contributed by atoms with E-state index >= 15 is 0 Å². The highest BCUT2D eigenvalue weighted by atomic mass is 16.5. The minimum Gasteiger partial charge on any atom is -0.492 e. The van der Waals surface area contributed by atoms with Crippen molar-refractivity contribution in [2.45, 2.75) is 33.2 Å². The number of hydrogen-bond donors (Lipinski definition) is 2. The number of hydrogen-bond acceptors (Lipinski definition) is 3. The minimum atomic E-state index is -0.688. The molecule has 5 heteroatoms. The van der Waals surface area contributed by atoms with E-state index in [0.717, 1.165) is 6.42 Å². The standard InChI is InChI=1S/C14H20N2O3/c1-4-10(3)15-13(17)14(18)16-11-8-6-7-9-12(11)19-5-2/h6-10H,4-5H2,1-3H3,(H,15,17)(H,16,18)/t10-/m0/s1. The maximum Gasteiger partial charge on any atom is 0.313 e. The number of para-hydroxylation sites is 2. The molecule has 1 rings (SSSR count). The molecule has 0 fully saturated rings. The van der Waals surface area contributed by atoms with Crippen LogP contribution in [-0.2, 0) is 9.59 Å². The molecule has 0 aromatic heterocycles. The van der Waals surface area contributed by atoms with Gasteiger partial charge in [0.25, 0.3) is 0 Å². The first-order valence-electron chi connectivity index (χ1n) is 6.42. The Bertz CT molecular complexity index is 446. The van der Waals surface area contributed by atoms with Gasteiger partial charge in [-0.1, -0.05) is 19.1 Å². The largest absolute Gasteiger partial charge is 0.492 e. The second-order valence-electron chi connectivity index (χ2n) is 4.17. The summed E-state index contributed by atoms with van der Waals surface area (Å²) >= 11 is 0. The molecule has 1 aromatic rings. The Morgan fingerprint density at radius 2 is 1.89 bits per heavy atom. The third-order valence-corrected chi connectivity index (χ3v) is 2.63. The van der Waals surface area contributed by atoms with Gasteiger partial charge in [-0.05, 0) is 32.4 Å². The lowest BCUT2D eigenvalue weighted by molar-refractivity contribution is -0.136. The first-order valence-corrected chi connectivity index (χ1v) is 6.42. The first-order chi connectivity index (χ1) is 9.08. The zero-order valence-electron chi connectivity index (χ0n) is 11.5. The van der Waals surface area contributed by atoms with Crippen molar-refractivity contribution in [3.05, 3.63) is 24.3 Å². The van der Waals surface area contributed by atoms with Gasteiger partial charge in [0.05, 0.1) is 12.3 Å². The van der Waals surface area contributed by atoms with Gasteiger partial charge in [-0.25, -0.2) is 0 Å². The number of benzene rings is 1. The van der Waals surface area contributed by atoms with E-state index < -0.39 is 11.8 Å². The molecule has 0 radical (unpaired) electrons. The molecule has 2 amide bonds. The summed E-state index contributed by atoms with van der Waals surface area (Å²) in [6.07, 6.45) is 0.772. The van der Waals surface area contributed by atoms with E-state index in [9.17, 15) is 9.59 Å². The summed E-state index contributed by atoms with van der Waals surface area (Å²) in [5.41, 5.74) is 0.494. The molecule has 1 aromatic carbocycles. The number of rotatable bonds is 5. The van der Waals surface area contributed by atoms with Crippen LogP contribution < -0.4 is 15.4 Å². The van der Waals surface area contributed by atoms with E-state index in [1.165, 1.54) is 0 Å². The third-order valence-electron chi connectivity index (χ3n) is 2.63. The SMILES string of the molecule is CCOc1ccccc1NC(=O)C(=O)N[C@@H](C)CC. The Morgan fingerprint density at radius 1 is 1.21 bits per heavy atom. The summed E-state index contributed by atoms with van der Waals surface area (Å²) in [6.45, 7) is 6.13. The average molecular weight is 264 g/mol. The van der Waals surface area contributed by atoms with Crippen LogP contribution in [0.5, 0.6) is 5.75 Å². The van der Waals surface area contributed by atoms with Crippen LogP contribution in [0, 0.1) is 0 Å². The van der Waals surface area contributed by atoms with Crippen molar-refractivity contribution in [1.29, 1.82) is 0 Å². The molecule has 104 valence electrons. The van der Waals surface area contributed by atoms with E-state index in [4.69, 9.17) is 4.74 Å². The van der Waals surface area contributed by atoms with Crippen molar-refractivity contribution in [1.82, 2.24) is 5.32 Å². The molecule has 0 saturated heterocycles. The van der Waals surface area contributed by atoms with Gasteiger partial charge in [-0.2, -0.15) is 0 Å². The maximum absolute atomic E-state index is 11.7. The molecular formula is C14H20N2O3. The van der Waals surface area contributed by atoms with Crippen molar-refractivity contribution in [2.24, 2.45) is 0 Å². The van der Waals surface area contributed by atoms with E-state index in [0.29, 0.717) is 18.0 Å². The molecule has 0 aliphatic rings. The smallest absolute Gasteiger partial charge is 0.313 e. The Balaban J connectivity index is 2.68. The van der Waals surface area contributed by atoms with Crippen LogP contribution >= 0.6 is 0 Å². The molecule has 0 aliphatic carbocycles. The Kier molecular flexibility index (Phi) is 5.85. The third kappa shape index (κ3) is 4.62. The summed E-state index contributed by atoms with van der Waals surface area (Å²) < 4.78 is 5.37. The number of amides is 2. The van der Waals surface area contributed by atoms with Crippen LogP contribution in [-0.4, -0.2) is 24.5 Å². The monoisotopic (exact) mass is 264 g/mol. The molecule has 0 bridgehead atoms. The molecule has 0 spiro atoms. The summed E-state index contributed by atoms with van der Waals surface area (Å²) in [6, 6.07) is 6.98. The second-order valence-corrected chi connectivity index (χ2v) is 4.17. The maximum atomic E-state index is 11.7. The van der Waals surface area contributed by atoms with Gasteiger partial charge in [-0.3, -0.25) is 9.59 Å². The highest BCUT2D eigenvalue weighted by molar-refractivity contribution is 6.39. The highest BCUT2D eigenvalue weighted by Crippen LogP contribution is 2.23. The summed E-state index contributed by atoms with van der Waals surface area (Å²) in [4.78, 5) is 23.4. The van der Waals surface area contributed by atoms with Crippen LogP contribution in [0.1, 0.15) is 27.2 Å². The van der Waals surface area contributed by atoms with Gasteiger partial charge in [0, 0.05) is 6.04 Å². The second kappa shape index (κ2) is 7.41. The summed E-state index contributed by atoms with van der Waals surface area (Å²) in [7, 11) is 0. The van der Waals surface area contributed by atoms with Crippen molar-refractivity contribution in [2.75, 3.05) is 11.9 Å². The highest BCUT2D eigenvalue weighted by Gasteiger charge is 2.16. The number of carbonyl (C=O) groups excluding carboxylic acids is 2. The molecule has 0 unspecified atom stereocenters. The molecule has 1 atom stereocenters. The van der Waals surface area contributed by atoms with Gasteiger partial charge >= 0.3 is 11.8 Å². The Hall–Kier alpha value is -2.04. The van der Waals surface area contributed by atoms with Crippen LogP contribution in [0.4, 0.5) is 5.69 Å². The lowest BCUT2D eigenvalue weighted by atomic mass is 10.2. The number of carbonyl (C=O) groups is 2. The predicted molar refractivity (Wildman–Crippen MR) is 74.1 cm³/mol. The number of anilines is 1. The topological polar surface area (TPSA) is 67.4 Å². The van der Waals surface area contributed by atoms with Crippen molar-refractivity contribution >= 4 is 17.5 Å². The molecule has 0 aliphatic heterocycles. The number of nitrogens with one attached hydrogen (secondary N) is 2. The molecule has 2 N–H and O–H groups in total. The molecular weight excluding hydrogens is 244 g/mol. The van der Waals surface area contributed by atoms with E-state index in [-0.39, 0.29) is 6.04 Å². The van der Waals surface area contributed by atoms with Crippen molar-refractivity contribution < 1.29 is 14.3 Å². The van der Waals surface area contributed by atoms with Gasteiger partial charge in [0.2, 0.25) is 0 Å². The quantitative estimate of drug-likeness (QED) is 0.799. The fourth-order valence-electron chi connectivity index (χ4n) is 1.42. The van der Waals surface area contributed by atoms with Crippen LogP contribution in [0.3, 0.4) is 0 Å². The van der Waals surface area contributed by atoms with E-state index in [2.05, 4.69) is 10.6 Å². The van der Waals surface area contributed by atoms with E-state index in [1.807, 2.05) is 20.8 Å². The Morgan fingerprint density at radius 3 is 2.53 bits per heavy atom. The first kappa shape index (κ1) is 15.0. The molecule has 0 saturated carbocycles. The van der Waals surface area contributed by atoms with Crippen molar-refractivity contribution in [3.8, 4) is 5.75 Å². The van der Waals surface area contributed by atoms with E-state index in [1.54, 1.807) is 24.3 Å². The summed E-state index contributed by atoms with van der Waals surface area (Å²) in [5.74, 6) is -0.775. The van der Waals surface area contributed by atoms with Gasteiger partial charge in [0.1, 0.15) is 5.75 Å². The molecule has 0 heterocycles. The molecule has 19 heavy (non-hydrogen) atoms. The van der Waals surface area contributed by atoms with Crippen LogP contribution in [0.2, 0.25) is 0 Å².